The van der Waals surface area contributed by atoms with Gasteiger partial charge < -0.3 is 48.1 Å². The Morgan fingerprint density at radius 2 is 0.880 bits per heavy atom. The summed E-state index contributed by atoms with van der Waals surface area (Å²) < 4.78 is 20.6. The summed E-state index contributed by atoms with van der Waals surface area (Å²) in [5.74, 6) is 6.77. The van der Waals surface area contributed by atoms with Crippen LogP contribution in [-0.2, 0) is 4.79 Å². The van der Waals surface area contributed by atoms with E-state index in [4.69, 9.17) is 43.8 Å². The van der Waals surface area contributed by atoms with Crippen LogP contribution in [0, 0.1) is 29.5 Å². The molecular formula is C92H87ClFN19O3S. The number of carbonyl (C=O) groups excluding carboxylic acids is 3. The van der Waals surface area contributed by atoms with E-state index in [0.717, 1.165) is 202 Å². The lowest BCUT2D eigenvalue weighted by atomic mass is 9.81. The number of fused-ring (bicyclic) bond motifs is 8. The van der Waals surface area contributed by atoms with E-state index < -0.39 is 0 Å². The molecule has 0 spiro atoms. The van der Waals surface area contributed by atoms with Gasteiger partial charge in [0.2, 0.25) is 5.91 Å². The molecule has 22 nitrogen and oxygen atoms in total. The van der Waals surface area contributed by atoms with Crippen molar-refractivity contribution in [2.45, 2.75) is 107 Å². The van der Waals surface area contributed by atoms with Crippen molar-refractivity contribution < 1.29 is 18.8 Å². The van der Waals surface area contributed by atoms with Crippen molar-refractivity contribution >= 4 is 128 Å². The summed E-state index contributed by atoms with van der Waals surface area (Å²) in [6.45, 7) is 1.99. The molecular weight excluding hydrogens is 1510 g/mol. The van der Waals surface area contributed by atoms with Gasteiger partial charge in [-0.3, -0.25) is 27.6 Å². The summed E-state index contributed by atoms with van der Waals surface area (Å²) in [7, 11) is 0. The summed E-state index contributed by atoms with van der Waals surface area (Å²) >= 11 is 7.66. The molecule has 4 aliphatic rings. The lowest BCUT2D eigenvalue weighted by molar-refractivity contribution is -0.122. The zero-order valence-corrected chi connectivity index (χ0v) is 65.8. The van der Waals surface area contributed by atoms with E-state index in [1.165, 1.54) is 29.0 Å². The Morgan fingerprint density at radius 3 is 1.34 bits per heavy atom. The fourth-order valence-electron chi connectivity index (χ4n) is 18.1. The van der Waals surface area contributed by atoms with Gasteiger partial charge in [-0.1, -0.05) is 121 Å². The number of nitrogens with zero attached hydrogens (tertiary/aromatic N) is 10. The minimum atomic E-state index is -0.341. The number of amides is 3. The predicted molar refractivity (Wildman–Crippen MR) is 462 cm³/mol. The van der Waals surface area contributed by atoms with Crippen molar-refractivity contribution in [2.75, 3.05) is 36.8 Å². The number of aromatic nitrogens is 13. The van der Waals surface area contributed by atoms with E-state index in [2.05, 4.69) is 137 Å². The SMILES string of the molecule is Nc1nccn2c(C3CCC(CNC(=O)C4CC4c4ccccc4)CC3)nc(-c3cc4ccccc4[nH]3)c12.Nc1nccn2c(C3CCC(CNC(=O)c4ccc5ccccc5n4)CC3)nc(-c3cc4ccccc4[nH]3)c12.Nc1nccn2c(C3CCC(CNC(=O)c4sc5cc(F)ccc5c4Cl)CC3)nc(-c3cc4ccccc4[nH]3)c12. The predicted octanol–water partition coefficient (Wildman–Crippen LogP) is 18.5. The number of imidazole rings is 3. The Kier molecular flexibility index (Phi) is 20.2. The van der Waals surface area contributed by atoms with E-state index in [1.807, 2.05) is 97.5 Å². The molecule has 4 saturated carbocycles. The highest BCUT2D eigenvalue weighted by Gasteiger charge is 2.44. The average molecular weight is 1590 g/mol. The molecule has 17 aromatic rings. The van der Waals surface area contributed by atoms with Gasteiger partial charge >= 0.3 is 0 Å². The first-order chi connectivity index (χ1) is 57.2. The molecule has 11 heterocycles. The minimum absolute atomic E-state index is 0.118. The van der Waals surface area contributed by atoms with Gasteiger partial charge in [-0.2, -0.15) is 0 Å². The molecule has 4 aliphatic carbocycles. The van der Waals surface area contributed by atoms with Crippen LogP contribution < -0.4 is 33.2 Å². The average Bonchev–Trinajstić information content (AvgIpc) is 1.62. The number of hydrogen-bond acceptors (Lipinski definition) is 14. The zero-order valence-electron chi connectivity index (χ0n) is 64.2. The molecule has 2 unspecified atom stereocenters. The van der Waals surface area contributed by atoms with Crippen molar-refractivity contribution in [1.82, 2.24) is 79.0 Å². The maximum absolute atomic E-state index is 13.6. The maximum atomic E-state index is 13.6. The monoisotopic (exact) mass is 1590 g/mol. The fourth-order valence-corrected chi connectivity index (χ4v) is 19.6. The Bertz CT molecular complexity index is 6490. The van der Waals surface area contributed by atoms with Gasteiger partial charge in [0.1, 0.15) is 84.9 Å². The number of nitrogens with one attached hydrogen (secondary N) is 6. The second kappa shape index (κ2) is 31.8. The van der Waals surface area contributed by atoms with Crippen LogP contribution in [0.4, 0.5) is 21.8 Å². The van der Waals surface area contributed by atoms with Gasteiger partial charge in [0, 0.05) is 129 Å². The van der Waals surface area contributed by atoms with Crippen LogP contribution in [0.15, 0.2) is 213 Å². The highest BCUT2D eigenvalue weighted by Crippen LogP contribution is 2.48. The molecule has 0 saturated heterocycles. The van der Waals surface area contributed by atoms with Crippen molar-refractivity contribution in [1.29, 1.82) is 0 Å². The van der Waals surface area contributed by atoms with Gasteiger partial charge in [0.05, 0.1) is 27.6 Å². The number of benzene rings is 6. The lowest BCUT2D eigenvalue weighted by Gasteiger charge is -2.28. The molecule has 117 heavy (non-hydrogen) atoms. The van der Waals surface area contributed by atoms with Crippen LogP contribution in [0.5, 0.6) is 0 Å². The molecule has 12 N–H and O–H groups in total. The largest absolute Gasteiger partial charge is 0.382 e. The van der Waals surface area contributed by atoms with Crippen LogP contribution in [0.2, 0.25) is 5.02 Å². The molecule has 0 radical (unpaired) electrons. The van der Waals surface area contributed by atoms with Crippen LogP contribution in [0.3, 0.4) is 0 Å². The number of anilines is 3. The van der Waals surface area contributed by atoms with Gasteiger partial charge in [0.15, 0.2) is 0 Å². The number of aromatic amines is 3. The van der Waals surface area contributed by atoms with Crippen LogP contribution in [0.25, 0.3) is 104 Å². The van der Waals surface area contributed by atoms with Crippen molar-refractivity contribution in [3.63, 3.8) is 0 Å². The first-order valence-electron chi connectivity index (χ1n) is 40.5. The van der Waals surface area contributed by atoms with E-state index >= 15 is 0 Å². The Hall–Kier alpha value is -12.8. The third-order valence-electron chi connectivity index (χ3n) is 24.5. The third kappa shape index (κ3) is 14.9. The number of halogens is 2. The standard InChI is InChI=1S/C31H29N7O.C31H32N6O.C30H26ClFN6OS/c32-29-28-27(26-17-22-6-2-4-8-24(22)36-26)37-30(38(28)16-15-33-29)21-11-9-19(10-12-21)18-34-31(39)25-14-13-20-5-1-3-7-23(20)35-25;32-29-28-27(26-16-22-8-4-5-9-25(22)35-26)36-30(37(28)15-14-33-29)21-12-10-19(11-13-21)18-34-31(38)24-17-23(24)20-6-2-1-3-7-20;31-24-20-10-9-19(32)14-23(20)40-27(24)30(39)35-15-16-5-7-17(8-6-16)29-37-25(26-28(33)34-11-12-38(26)29)22-13-18-3-1-2-4-21(18)36-22/h1-8,13-17,19,21,36H,9-12,18H2,(H2,32,33)(H,34,39);1-9,14-16,19,21,23-24,35H,10-13,17-18H2,(H2,32,33)(H,34,38);1-4,9-14,16-17,36H,5-8,15H2,(H2,33,34)(H,35,39). The number of nitrogens with two attached hydrogens (primary N) is 3. The van der Waals surface area contributed by atoms with Gasteiger partial charge in [-0.15, -0.1) is 11.3 Å². The molecule has 0 aliphatic heterocycles. The summed E-state index contributed by atoms with van der Waals surface area (Å²) in [6.07, 6.45) is 24.2. The van der Waals surface area contributed by atoms with Crippen LogP contribution >= 0.6 is 22.9 Å². The first-order valence-corrected chi connectivity index (χ1v) is 41.7. The molecule has 0 bridgehead atoms. The Labute approximate surface area is 681 Å². The number of rotatable bonds is 16. The molecule has 6 aromatic carbocycles. The topological polar surface area (TPSA) is 316 Å². The molecule has 2 atom stereocenters. The highest BCUT2D eigenvalue weighted by atomic mass is 35.5. The van der Waals surface area contributed by atoms with Crippen LogP contribution in [0.1, 0.15) is 150 Å². The van der Waals surface area contributed by atoms with Crippen molar-refractivity contribution in [3.05, 3.63) is 258 Å². The van der Waals surface area contributed by atoms with Gasteiger partial charge in [0.25, 0.3) is 11.8 Å². The Morgan fingerprint density at radius 1 is 0.462 bits per heavy atom. The normalized spacial score (nSPS) is 19.4. The number of H-pyrrole nitrogens is 3. The van der Waals surface area contributed by atoms with Crippen molar-refractivity contribution in [2.24, 2.45) is 23.7 Å². The van der Waals surface area contributed by atoms with E-state index in [9.17, 15) is 18.8 Å². The van der Waals surface area contributed by atoms with Crippen LogP contribution in [-0.4, -0.2) is 100 Å². The number of pyridine rings is 1. The molecule has 21 rings (SSSR count). The second-order valence-electron chi connectivity index (χ2n) is 31.8. The third-order valence-corrected chi connectivity index (χ3v) is 26.1. The summed E-state index contributed by atoms with van der Waals surface area (Å²) in [6, 6.07) is 57.3. The summed E-state index contributed by atoms with van der Waals surface area (Å²) in [4.78, 5) is 82.4. The molecule has 25 heteroatoms. The fraction of sp³-hybridized carbons (Fsp3) is 0.261. The number of carbonyl (C=O) groups is 3. The second-order valence-corrected chi connectivity index (χ2v) is 33.2. The quantitative estimate of drug-likeness (QED) is 0.0435. The number of nitrogen functional groups attached to an aromatic ring is 3. The molecule has 11 aromatic heterocycles. The molecule has 588 valence electrons. The van der Waals surface area contributed by atoms with E-state index in [0.29, 0.717) is 91.7 Å². The van der Waals surface area contributed by atoms with Crippen molar-refractivity contribution in [3.8, 4) is 34.2 Å². The zero-order chi connectivity index (χ0) is 79.4. The number of para-hydroxylation sites is 4. The highest BCUT2D eigenvalue weighted by molar-refractivity contribution is 7.21. The summed E-state index contributed by atoms with van der Waals surface area (Å²) in [5.41, 5.74) is 32.7. The van der Waals surface area contributed by atoms with Gasteiger partial charge in [-0.05, 0) is 179 Å². The lowest BCUT2D eigenvalue weighted by Crippen LogP contribution is -2.32. The first kappa shape index (κ1) is 74.3. The minimum Gasteiger partial charge on any atom is -0.382 e. The number of hydrogen-bond donors (Lipinski definition) is 9. The summed E-state index contributed by atoms with van der Waals surface area (Å²) in [5, 5.41) is 14.9. The van der Waals surface area contributed by atoms with E-state index in [-0.39, 0.29) is 35.4 Å². The smallest absolute Gasteiger partial charge is 0.269 e. The Balaban J connectivity index is 0.000000117. The maximum Gasteiger partial charge on any atom is 0.269 e. The van der Waals surface area contributed by atoms with Gasteiger partial charge in [-0.25, -0.2) is 39.3 Å². The van der Waals surface area contributed by atoms with E-state index in [1.54, 1.807) is 30.7 Å². The molecule has 4 fully saturated rings. The number of thiophene rings is 1. The molecule has 3 amide bonds.